The van der Waals surface area contributed by atoms with Gasteiger partial charge in [-0.1, -0.05) is 27.2 Å². The van der Waals surface area contributed by atoms with E-state index in [4.69, 9.17) is 0 Å². The lowest BCUT2D eigenvalue weighted by atomic mass is 10.1. The molecule has 0 saturated carbocycles. The van der Waals surface area contributed by atoms with Crippen LogP contribution in [-0.2, 0) is 16.6 Å². The molecule has 1 heterocycles. The highest BCUT2D eigenvalue weighted by Gasteiger charge is 2.28. The molecule has 4 nitrogen and oxygen atoms in total. The van der Waals surface area contributed by atoms with Crippen molar-refractivity contribution < 1.29 is 8.42 Å². The normalized spacial score (nSPS) is 13.9. The number of nitrogens with zero attached hydrogens (tertiary/aromatic N) is 1. The zero-order valence-corrected chi connectivity index (χ0v) is 15.7. The van der Waals surface area contributed by atoms with Gasteiger partial charge in [0, 0.05) is 24.5 Å². The van der Waals surface area contributed by atoms with E-state index in [0.717, 1.165) is 11.3 Å². The maximum Gasteiger partial charge on any atom is 0.245 e. The predicted octanol–water partition coefficient (Wildman–Crippen LogP) is 3.29. The van der Waals surface area contributed by atoms with Gasteiger partial charge < -0.3 is 5.32 Å². The third-order valence-corrected chi connectivity index (χ3v) is 7.43. The molecular weight excluding hydrogens is 360 g/mol. The van der Waals surface area contributed by atoms with Gasteiger partial charge in [0.15, 0.2) is 0 Å². The van der Waals surface area contributed by atoms with Gasteiger partial charge in [0.05, 0.1) is 3.79 Å². The summed E-state index contributed by atoms with van der Waals surface area (Å²) in [4.78, 5) is 1.40. The van der Waals surface area contributed by atoms with E-state index in [0.29, 0.717) is 34.2 Å². The Morgan fingerprint density at radius 3 is 2.60 bits per heavy atom. The van der Waals surface area contributed by atoms with Crippen LogP contribution in [0.4, 0.5) is 0 Å². The molecule has 7 heteroatoms. The topological polar surface area (TPSA) is 49.4 Å². The number of halogens is 1. The molecule has 0 amide bonds. The van der Waals surface area contributed by atoms with Gasteiger partial charge in [-0.3, -0.25) is 0 Å². The summed E-state index contributed by atoms with van der Waals surface area (Å²) in [6.07, 6.45) is 0.974. The van der Waals surface area contributed by atoms with E-state index in [2.05, 4.69) is 35.1 Å². The summed E-state index contributed by atoms with van der Waals surface area (Å²) in [7, 11) is -1.57. The first-order valence-corrected chi connectivity index (χ1v) is 9.84. The van der Waals surface area contributed by atoms with Crippen molar-refractivity contribution in [2.45, 2.75) is 38.6 Å². The minimum absolute atomic E-state index is 0.360. The minimum Gasteiger partial charge on any atom is -0.315 e. The van der Waals surface area contributed by atoms with Crippen LogP contribution in [0.3, 0.4) is 0 Å². The molecule has 1 rings (SSSR count). The van der Waals surface area contributed by atoms with Crippen molar-refractivity contribution >= 4 is 37.3 Å². The number of rotatable bonds is 8. The maximum absolute atomic E-state index is 12.7. The van der Waals surface area contributed by atoms with Crippen LogP contribution in [0.2, 0.25) is 0 Å². The second kappa shape index (κ2) is 7.89. The van der Waals surface area contributed by atoms with Crippen LogP contribution in [0, 0.1) is 5.92 Å². The molecule has 1 atom stereocenters. The third kappa shape index (κ3) is 4.27. The van der Waals surface area contributed by atoms with Crippen LogP contribution in [0.5, 0.6) is 0 Å². The molecule has 0 fully saturated rings. The Hall–Kier alpha value is 0.0500. The second-order valence-electron chi connectivity index (χ2n) is 4.85. The van der Waals surface area contributed by atoms with Crippen molar-refractivity contribution in [2.24, 2.45) is 5.92 Å². The van der Waals surface area contributed by atoms with Crippen LogP contribution in [0.1, 0.15) is 32.1 Å². The molecule has 1 aromatic heterocycles. The molecule has 1 aromatic rings. The molecule has 1 N–H and O–H groups in total. The van der Waals surface area contributed by atoms with Crippen molar-refractivity contribution in [1.82, 2.24) is 9.62 Å². The number of sulfonamides is 1. The Labute approximate surface area is 134 Å². The van der Waals surface area contributed by atoms with Gasteiger partial charge in [-0.2, -0.15) is 4.31 Å². The standard InChI is InChI=1S/C13H23BrN2O2S2/c1-5-10(3)9-16(6-2)20(17,18)12-7-11(8-15-4)19-13(12)14/h7,10,15H,5-6,8-9H2,1-4H3. The first kappa shape index (κ1) is 18.1. The third-order valence-electron chi connectivity index (χ3n) is 3.24. The highest BCUT2D eigenvalue weighted by atomic mass is 79.9. The molecule has 0 aliphatic rings. The lowest BCUT2D eigenvalue weighted by Crippen LogP contribution is -2.34. The van der Waals surface area contributed by atoms with Crippen molar-refractivity contribution in [2.75, 3.05) is 20.1 Å². The fraction of sp³-hybridized carbons (Fsp3) is 0.692. The predicted molar refractivity (Wildman–Crippen MR) is 88.7 cm³/mol. The van der Waals surface area contributed by atoms with Crippen LogP contribution in [0.15, 0.2) is 14.7 Å². The van der Waals surface area contributed by atoms with Crippen LogP contribution in [0.25, 0.3) is 0 Å². The van der Waals surface area contributed by atoms with Gasteiger partial charge in [0.2, 0.25) is 10.0 Å². The quantitative estimate of drug-likeness (QED) is 0.750. The summed E-state index contributed by atoms with van der Waals surface area (Å²) in [5.41, 5.74) is 0. The molecule has 0 saturated heterocycles. The fourth-order valence-corrected chi connectivity index (χ4v) is 6.06. The van der Waals surface area contributed by atoms with E-state index in [-0.39, 0.29) is 0 Å². The highest BCUT2D eigenvalue weighted by Crippen LogP contribution is 2.33. The Kier molecular flexibility index (Phi) is 7.14. The Morgan fingerprint density at radius 1 is 1.45 bits per heavy atom. The first-order chi connectivity index (χ1) is 9.36. The minimum atomic E-state index is -3.42. The van der Waals surface area contributed by atoms with Gasteiger partial charge in [-0.05, 0) is 35.0 Å². The summed E-state index contributed by atoms with van der Waals surface area (Å²) < 4.78 is 27.7. The Balaban J connectivity index is 3.07. The van der Waals surface area contributed by atoms with Crippen molar-refractivity contribution in [3.63, 3.8) is 0 Å². The van der Waals surface area contributed by atoms with Crippen LogP contribution < -0.4 is 5.32 Å². The van der Waals surface area contributed by atoms with Gasteiger partial charge in [0.1, 0.15) is 4.90 Å². The van der Waals surface area contributed by atoms with Gasteiger partial charge in [-0.25, -0.2) is 8.42 Å². The van der Waals surface area contributed by atoms with Crippen LogP contribution >= 0.6 is 27.3 Å². The lowest BCUT2D eigenvalue weighted by molar-refractivity contribution is 0.361. The lowest BCUT2D eigenvalue weighted by Gasteiger charge is -2.23. The monoisotopic (exact) mass is 382 g/mol. The van der Waals surface area contributed by atoms with Crippen molar-refractivity contribution in [3.05, 3.63) is 14.7 Å². The second-order valence-corrected chi connectivity index (χ2v) is 9.21. The van der Waals surface area contributed by atoms with Gasteiger partial charge >= 0.3 is 0 Å². The first-order valence-electron chi connectivity index (χ1n) is 6.79. The molecule has 0 aliphatic carbocycles. The maximum atomic E-state index is 12.7. The Morgan fingerprint density at radius 2 is 2.10 bits per heavy atom. The molecular formula is C13H23BrN2O2S2. The van der Waals surface area contributed by atoms with Crippen molar-refractivity contribution in [1.29, 1.82) is 0 Å². The average molecular weight is 383 g/mol. The number of hydrogen-bond donors (Lipinski definition) is 1. The Bertz CT molecular complexity index is 528. The summed E-state index contributed by atoms with van der Waals surface area (Å²) >= 11 is 4.86. The largest absolute Gasteiger partial charge is 0.315 e. The van der Waals surface area contributed by atoms with E-state index in [1.54, 1.807) is 10.4 Å². The molecule has 116 valence electrons. The van der Waals surface area contributed by atoms with Gasteiger partial charge in [0.25, 0.3) is 0 Å². The summed E-state index contributed by atoms with van der Waals surface area (Å²) in [6.45, 7) is 7.78. The smallest absolute Gasteiger partial charge is 0.245 e. The van der Waals surface area contributed by atoms with E-state index in [1.165, 1.54) is 11.3 Å². The van der Waals surface area contributed by atoms with Gasteiger partial charge in [-0.15, -0.1) is 11.3 Å². The van der Waals surface area contributed by atoms with E-state index >= 15 is 0 Å². The zero-order valence-electron chi connectivity index (χ0n) is 12.4. The highest BCUT2D eigenvalue weighted by molar-refractivity contribution is 9.11. The summed E-state index contributed by atoms with van der Waals surface area (Å²) in [6, 6.07) is 1.76. The van der Waals surface area contributed by atoms with E-state index in [1.807, 2.05) is 14.0 Å². The molecule has 1 unspecified atom stereocenters. The number of thiophene rings is 1. The fourth-order valence-electron chi connectivity index (χ4n) is 1.85. The average Bonchev–Trinajstić information content (AvgIpc) is 2.77. The number of nitrogens with one attached hydrogen (secondary N) is 1. The SMILES string of the molecule is CCC(C)CN(CC)S(=O)(=O)c1cc(CNC)sc1Br. The molecule has 20 heavy (non-hydrogen) atoms. The summed E-state index contributed by atoms with van der Waals surface area (Å²) in [5.74, 6) is 0.360. The van der Waals surface area contributed by atoms with Crippen molar-refractivity contribution in [3.8, 4) is 0 Å². The summed E-state index contributed by atoms with van der Waals surface area (Å²) in [5, 5.41) is 3.04. The zero-order chi connectivity index (χ0) is 15.3. The molecule has 0 bridgehead atoms. The van der Waals surface area contributed by atoms with Crippen LogP contribution in [-0.4, -0.2) is 32.9 Å². The van der Waals surface area contributed by atoms with E-state index in [9.17, 15) is 8.42 Å². The van der Waals surface area contributed by atoms with E-state index < -0.39 is 10.0 Å². The molecule has 0 aliphatic heterocycles. The molecule has 0 aromatic carbocycles. The molecule has 0 spiro atoms. The number of hydrogen-bond acceptors (Lipinski definition) is 4. The molecule has 0 radical (unpaired) electrons.